The Bertz CT molecular complexity index is 608. The molecule has 4 heteroatoms. The molecule has 0 radical (unpaired) electrons. The van der Waals surface area contributed by atoms with Crippen molar-refractivity contribution in [2.75, 3.05) is 14.2 Å². The molecular formula is C17H19NO3. The predicted molar refractivity (Wildman–Crippen MR) is 81.9 cm³/mol. The quantitative estimate of drug-likeness (QED) is 0.917. The molecule has 0 saturated heterocycles. The number of hydrogen-bond donors (Lipinski definition) is 1. The first-order valence-corrected chi connectivity index (χ1v) is 6.73. The number of methoxy groups -OCH3 is 2. The summed E-state index contributed by atoms with van der Waals surface area (Å²) >= 11 is 0. The molecule has 1 N–H and O–H groups in total. The van der Waals surface area contributed by atoms with Crippen LogP contribution in [0.1, 0.15) is 28.9 Å². The highest BCUT2D eigenvalue weighted by Crippen LogP contribution is 2.18. The fourth-order valence-corrected chi connectivity index (χ4v) is 2.02. The lowest BCUT2D eigenvalue weighted by Crippen LogP contribution is -2.26. The van der Waals surface area contributed by atoms with E-state index in [4.69, 9.17) is 9.47 Å². The van der Waals surface area contributed by atoms with Gasteiger partial charge in [0.25, 0.3) is 5.91 Å². The summed E-state index contributed by atoms with van der Waals surface area (Å²) in [5.74, 6) is 1.34. The van der Waals surface area contributed by atoms with Crippen LogP contribution in [0.25, 0.3) is 0 Å². The van der Waals surface area contributed by atoms with E-state index in [1.54, 1.807) is 32.4 Å². The monoisotopic (exact) mass is 285 g/mol. The van der Waals surface area contributed by atoms with Crippen molar-refractivity contribution in [2.24, 2.45) is 0 Å². The number of rotatable bonds is 5. The standard InChI is InChI=1S/C17H19NO3/c1-12(13-7-9-15(20-2)10-8-13)18-17(19)14-5-4-6-16(11-14)21-3/h4-12H,1-3H3,(H,18,19)/t12-/m1/s1. The third-order valence-electron chi connectivity index (χ3n) is 3.30. The van der Waals surface area contributed by atoms with Gasteiger partial charge in [0.15, 0.2) is 0 Å². The van der Waals surface area contributed by atoms with Crippen molar-refractivity contribution < 1.29 is 14.3 Å². The first-order valence-electron chi connectivity index (χ1n) is 6.73. The molecule has 4 nitrogen and oxygen atoms in total. The molecule has 1 atom stereocenters. The van der Waals surface area contributed by atoms with Gasteiger partial charge >= 0.3 is 0 Å². The Morgan fingerprint density at radius 1 is 1.00 bits per heavy atom. The first kappa shape index (κ1) is 14.9. The van der Waals surface area contributed by atoms with Gasteiger partial charge in [0.2, 0.25) is 0 Å². The number of carbonyl (C=O) groups is 1. The van der Waals surface area contributed by atoms with Gasteiger partial charge in [-0.1, -0.05) is 18.2 Å². The van der Waals surface area contributed by atoms with Gasteiger partial charge in [-0.3, -0.25) is 4.79 Å². The highest BCUT2D eigenvalue weighted by Gasteiger charge is 2.12. The summed E-state index contributed by atoms with van der Waals surface area (Å²) in [7, 11) is 3.21. The zero-order valence-electron chi connectivity index (χ0n) is 12.4. The van der Waals surface area contributed by atoms with Crippen molar-refractivity contribution in [1.29, 1.82) is 0 Å². The lowest BCUT2D eigenvalue weighted by atomic mass is 10.1. The second kappa shape index (κ2) is 6.79. The average molecular weight is 285 g/mol. The van der Waals surface area contributed by atoms with Crippen LogP contribution in [0, 0.1) is 0 Å². The van der Waals surface area contributed by atoms with Crippen LogP contribution in [-0.4, -0.2) is 20.1 Å². The summed E-state index contributed by atoms with van der Waals surface area (Å²) in [6.07, 6.45) is 0. The van der Waals surface area contributed by atoms with Gasteiger partial charge in [-0.2, -0.15) is 0 Å². The topological polar surface area (TPSA) is 47.6 Å². The number of nitrogens with one attached hydrogen (secondary N) is 1. The third kappa shape index (κ3) is 3.75. The SMILES string of the molecule is COc1ccc([C@@H](C)NC(=O)c2cccc(OC)c2)cc1. The van der Waals surface area contributed by atoms with Crippen LogP contribution in [0.3, 0.4) is 0 Å². The van der Waals surface area contributed by atoms with E-state index < -0.39 is 0 Å². The Balaban J connectivity index is 2.06. The molecule has 0 aliphatic carbocycles. The third-order valence-corrected chi connectivity index (χ3v) is 3.30. The summed E-state index contributed by atoms with van der Waals surface area (Å²) < 4.78 is 10.2. The van der Waals surface area contributed by atoms with E-state index >= 15 is 0 Å². The molecule has 0 saturated carbocycles. The van der Waals surface area contributed by atoms with E-state index in [0.29, 0.717) is 11.3 Å². The van der Waals surface area contributed by atoms with Gasteiger partial charge in [0.05, 0.1) is 20.3 Å². The molecule has 1 amide bonds. The Morgan fingerprint density at radius 2 is 1.67 bits per heavy atom. The molecule has 0 fully saturated rings. The maximum atomic E-state index is 12.2. The summed E-state index contributed by atoms with van der Waals surface area (Å²) in [5, 5.41) is 2.97. The average Bonchev–Trinajstić information content (AvgIpc) is 2.54. The van der Waals surface area contributed by atoms with Crippen molar-refractivity contribution in [3.05, 3.63) is 59.7 Å². The molecule has 21 heavy (non-hydrogen) atoms. The molecule has 2 rings (SSSR count). The summed E-state index contributed by atoms with van der Waals surface area (Å²) in [4.78, 5) is 12.2. The predicted octanol–water partition coefficient (Wildman–Crippen LogP) is 3.19. The van der Waals surface area contributed by atoms with E-state index in [2.05, 4.69) is 5.32 Å². The van der Waals surface area contributed by atoms with Gasteiger partial charge < -0.3 is 14.8 Å². The van der Waals surface area contributed by atoms with Crippen LogP contribution in [-0.2, 0) is 0 Å². The van der Waals surface area contributed by atoms with Crippen LogP contribution in [0.5, 0.6) is 11.5 Å². The summed E-state index contributed by atoms with van der Waals surface area (Å²) in [5.41, 5.74) is 1.60. The van der Waals surface area contributed by atoms with Crippen LogP contribution >= 0.6 is 0 Å². The van der Waals surface area contributed by atoms with E-state index in [-0.39, 0.29) is 11.9 Å². The lowest BCUT2D eigenvalue weighted by Gasteiger charge is -2.15. The van der Waals surface area contributed by atoms with E-state index in [1.165, 1.54) is 0 Å². The van der Waals surface area contributed by atoms with Gasteiger partial charge in [0, 0.05) is 5.56 Å². The Hall–Kier alpha value is -2.49. The number of hydrogen-bond acceptors (Lipinski definition) is 3. The maximum absolute atomic E-state index is 12.2. The number of carbonyl (C=O) groups excluding carboxylic acids is 1. The van der Waals surface area contributed by atoms with E-state index in [1.807, 2.05) is 37.3 Å². The second-order valence-electron chi connectivity index (χ2n) is 4.70. The van der Waals surface area contributed by atoms with Crippen molar-refractivity contribution in [1.82, 2.24) is 5.32 Å². The molecule has 2 aromatic carbocycles. The van der Waals surface area contributed by atoms with Gasteiger partial charge in [-0.05, 0) is 42.8 Å². The molecule has 0 spiro atoms. The first-order chi connectivity index (χ1) is 10.1. The number of amides is 1. The maximum Gasteiger partial charge on any atom is 0.251 e. The van der Waals surface area contributed by atoms with Crippen molar-refractivity contribution >= 4 is 5.91 Å². The molecule has 0 bridgehead atoms. The molecule has 0 aromatic heterocycles. The van der Waals surface area contributed by atoms with Crippen molar-refractivity contribution in [2.45, 2.75) is 13.0 Å². The molecular weight excluding hydrogens is 266 g/mol. The lowest BCUT2D eigenvalue weighted by molar-refractivity contribution is 0.0939. The molecule has 0 aliphatic heterocycles. The molecule has 2 aromatic rings. The molecule has 0 heterocycles. The number of benzene rings is 2. The Morgan fingerprint density at radius 3 is 2.29 bits per heavy atom. The van der Waals surface area contributed by atoms with Crippen molar-refractivity contribution in [3.8, 4) is 11.5 Å². The largest absolute Gasteiger partial charge is 0.497 e. The van der Waals surface area contributed by atoms with Crippen molar-refractivity contribution in [3.63, 3.8) is 0 Å². The van der Waals surface area contributed by atoms with Crippen LogP contribution < -0.4 is 14.8 Å². The molecule has 0 aliphatic rings. The summed E-state index contributed by atoms with van der Waals surface area (Å²) in [6.45, 7) is 1.94. The van der Waals surface area contributed by atoms with E-state index in [9.17, 15) is 4.79 Å². The molecule has 110 valence electrons. The molecule has 0 unspecified atom stereocenters. The van der Waals surface area contributed by atoms with Crippen LogP contribution in [0.4, 0.5) is 0 Å². The zero-order chi connectivity index (χ0) is 15.2. The van der Waals surface area contributed by atoms with Gasteiger partial charge in [-0.15, -0.1) is 0 Å². The fraction of sp³-hybridized carbons (Fsp3) is 0.235. The minimum absolute atomic E-state index is 0.0883. The minimum atomic E-state index is -0.128. The summed E-state index contributed by atoms with van der Waals surface area (Å²) in [6, 6.07) is 14.6. The van der Waals surface area contributed by atoms with Crippen LogP contribution in [0.2, 0.25) is 0 Å². The highest BCUT2D eigenvalue weighted by atomic mass is 16.5. The van der Waals surface area contributed by atoms with E-state index in [0.717, 1.165) is 11.3 Å². The fourth-order valence-electron chi connectivity index (χ4n) is 2.02. The smallest absolute Gasteiger partial charge is 0.251 e. The van der Waals surface area contributed by atoms with Crippen LogP contribution in [0.15, 0.2) is 48.5 Å². The number of ether oxygens (including phenoxy) is 2. The van der Waals surface area contributed by atoms with Gasteiger partial charge in [0.1, 0.15) is 11.5 Å². The Kier molecular flexibility index (Phi) is 4.82. The van der Waals surface area contributed by atoms with Gasteiger partial charge in [-0.25, -0.2) is 0 Å². The minimum Gasteiger partial charge on any atom is -0.497 e. The normalized spacial score (nSPS) is 11.6. The zero-order valence-corrected chi connectivity index (χ0v) is 12.4. The highest BCUT2D eigenvalue weighted by molar-refractivity contribution is 5.94. The second-order valence-corrected chi connectivity index (χ2v) is 4.70. The Labute approximate surface area is 124 Å².